The average molecular weight is 397 g/mol. The first-order valence-corrected chi connectivity index (χ1v) is 10.2. The number of nitrogens with zero attached hydrogens (tertiary/aromatic N) is 3. The van der Waals surface area contributed by atoms with Crippen molar-refractivity contribution in [1.82, 2.24) is 14.6 Å². The lowest BCUT2D eigenvalue weighted by Crippen LogP contribution is -2.04. The molecule has 0 amide bonds. The van der Waals surface area contributed by atoms with Crippen LogP contribution in [-0.2, 0) is 11.3 Å². The molecule has 0 unspecified atom stereocenters. The molecule has 3 aromatic heterocycles. The second kappa shape index (κ2) is 7.77. The highest BCUT2D eigenvalue weighted by Gasteiger charge is 2.18. The van der Waals surface area contributed by atoms with Crippen LogP contribution in [0.5, 0.6) is 5.75 Å². The highest BCUT2D eigenvalue weighted by atomic mass is 32.1. The van der Waals surface area contributed by atoms with Crippen molar-refractivity contribution < 1.29 is 9.47 Å². The van der Waals surface area contributed by atoms with E-state index in [1.54, 1.807) is 18.4 Å². The van der Waals surface area contributed by atoms with Gasteiger partial charge in [0.05, 0.1) is 24.1 Å². The van der Waals surface area contributed by atoms with E-state index in [9.17, 15) is 0 Å². The first kappa shape index (κ1) is 18.7. The summed E-state index contributed by atoms with van der Waals surface area (Å²) in [6.07, 6.45) is 3.64. The maximum absolute atomic E-state index is 6.23. The van der Waals surface area contributed by atoms with E-state index in [4.69, 9.17) is 15.2 Å². The third kappa shape index (κ3) is 3.31. The van der Waals surface area contributed by atoms with E-state index >= 15 is 0 Å². The van der Waals surface area contributed by atoms with Crippen LogP contribution in [0.25, 0.3) is 26.0 Å². The van der Waals surface area contributed by atoms with Gasteiger partial charge in [-0.1, -0.05) is 19.4 Å². The number of nitrogen functional groups attached to an aromatic ring is 1. The molecule has 1 aromatic carbocycles. The number of benzene rings is 1. The molecule has 0 aliphatic rings. The lowest BCUT2D eigenvalue weighted by atomic mass is 10.1. The number of anilines is 1. The largest absolute Gasteiger partial charge is 0.495 e. The number of nitrogens with two attached hydrogens (primary N) is 1. The molecular weight excluding hydrogens is 372 g/mol. The van der Waals surface area contributed by atoms with Crippen LogP contribution >= 0.6 is 11.3 Å². The summed E-state index contributed by atoms with van der Waals surface area (Å²) >= 11 is 1.69. The molecule has 7 heteroatoms. The molecule has 146 valence electrons. The van der Waals surface area contributed by atoms with Crippen molar-refractivity contribution in [3.8, 4) is 16.2 Å². The highest BCUT2D eigenvalue weighted by Crippen LogP contribution is 2.42. The summed E-state index contributed by atoms with van der Waals surface area (Å²) < 4.78 is 14.4. The first-order valence-electron chi connectivity index (χ1n) is 9.39. The van der Waals surface area contributed by atoms with Crippen LogP contribution in [0.15, 0.2) is 30.6 Å². The van der Waals surface area contributed by atoms with Crippen molar-refractivity contribution >= 4 is 32.8 Å². The monoisotopic (exact) mass is 396 g/mol. The molecule has 0 aliphatic carbocycles. The van der Waals surface area contributed by atoms with Gasteiger partial charge in [-0.2, -0.15) is 5.10 Å². The molecule has 0 fully saturated rings. The van der Waals surface area contributed by atoms with E-state index in [1.165, 1.54) is 11.9 Å². The van der Waals surface area contributed by atoms with Gasteiger partial charge in [0.25, 0.3) is 0 Å². The molecule has 0 aliphatic heterocycles. The fourth-order valence-corrected chi connectivity index (χ4v) is 4.55. The smallest absolute Gasteiger partial charge is 0.152 e. The zero-order chi connectivity index (χ0) is 19.7. The number of unbranched alkanes of at least 4 members (excludes halogenated alkanes) is 1. The summed E-state index contributed by atoms with van der Waals surface area (Å²) in [5, 5.41) is 5.57. The minimum absolute atomic E-state index is 0.463. The van der Waals surface area contributed by atoms with Crippen LogP contribution in [0.2, 0.25) is 0 Å². The number of hydrogen-bond donors (Lipinski definition) is 1. The number of thiophene rings is 1. The van der Waals surface area contributed by atoms with Crippen molar-refractivity contribution in [2.45, 2.75) is 33.3 Å². The summed E-state index contributed by atoms with van der Waals surface area (Å²) in [4.78, 5) is 5.31. The minimum Gasteiger partial charge on any atom is -0.495 e. The fourth-order valence-electron chi connectivity index (χ4n) is 3.40. The van der Waals surface area contributed by atoms with E-state index in [2.05, 4.69) is 48.2 Å². The van der Waals surface area contributed by atoms with Crippen molar-refractivity contribution in [1.29, 1.82) is 0 Å². The predicted octanol–water partition coefficient (Wildman–Crippen LogP) is 4.83. The number of methoxy groups -OCH3 is 1. The Morgan fingerprint density at radius 3 is 2.86 bits per heavy atom. The Kier molecular flexibility index (Phi) is 5.19. The summed E-state index contributed by atoms with van der Waals surface area (Å²) in [5.74, 6) is 1.35. The second-order valence-corrected chi connectivity index (χ2v) is 7.91. The predicted molar refractivity (Wildman–Crippen MR) is 114 cm³/mol. The molecule has 3 heterocycles. The maximum Gasteiger partial charge on any atom is 0.152 e. The molecule has 6 nitrogen and oxygen atoms in total. The van der Waals surface area contributed by atoms with Crippen LogP contribution in [0.1, 0.15) is 31.0 Å². The third-order valence-corrected chi connectivity index (χ3v) is 5.96. The number of fused-ring (bicyclic) bond motifs is 2. The molecule has 0 saturated heterocycles. The lowest BCUT2D eigenvalue weighted by Gasteiger charge is -2.04. The van der Waals surface area contributed by atoms with E-state index in [0.717, 1.165) is 56.9 Å². The second-order valence-electron chi connectivity index (χ2n) is 6.86. The zero-order valence-corrected chi connectivity index (χ0v) is 17.2. The van der Waals surface area contributed by atoms with Crippen LogP contribution in [-0.4, -0.2) is 28.3 Å². The van der Waals surface area contributed by atoms with Gasteiger partial charge < -0.3 is 15.2 Å². The van der Waals surface area contributed by atoms with Gasteiger partial charge in [0.2, 0.25) is 0 Å². The molecule has 4 aromatic rings. The van der Waals surface area contributed by atoms with Gasteiger partial charge in [0.15, 0.2) is 5.82 Å². The Hall–Kier alpha value is -2.64. The first-order chi connectivity index (χ1) is 13.6. The molecule has 0 atom stereocenters. The Morgan fingerprint density at radius 1 is 1.21 bits per heavy atom. The van der Waals surface area contributed by atoms with Crippen LogP contribution in [0, 0.1) is 6.92 Å². The van der Waals surface area contributed by atoms with Crippen LogP contribution in [0.4, 0.5) is 5.82 Å². The quantitative estimate of drug-likeness (QED) is 0.453. The zero-order valence-electron chi connectivity index (χ0n) is 16.4. The van der Waals surface area contributed by atoms with Crippen molar-refractivity contribution in [2.24, 2.45) is 0 Å². The van der Waals surface area contributed by atoms with Crippen LogP contribution in [0.3, 0.4) is 0 Å². The Labute approximate surface area is 167 Å². The van der Waals surface area contributed by atoms with Gasteiger partial charge in [-0.15, -0.1) is 11.3 Å². The summed E-state index contributed by atoms with van der Waals surface area (Å²) in [7, 11) is 1.71. The number of aromatic nitrogens is 3. The number of rotatable bonds is 7. The van der Waals surface area contributed by atoms with Gasteiger partial charge in [-0.25, -0.2) is 9.50 Å². The van der Waals surface area contributed by atoms with E-state index in [-0.39, 0.29) is 0 Å². The lowest BCUT2D eigenvalue weighted by molar-refractivity contribution is 0.114. The topological polar surface area (TPSA) is 74.7 Å². The van der Waals surface area contributed by atoms with Gasteiger partial charge in [0, 0.05) is 17.0 Å². The Balaban J connectivity index is 1.83. The maximum atomic E-state index is 6.23. The van der Waals surface area contributed by atoms with Crippen LogP contribution < -0.4 is 10.5 Å². The minimum atomic E-state index is 0.463. The highest BCUT2D eigenvalue weighted by molar-refractivity contribution is 7.22. The number of hydrogen-bond acceptors (Lipinski definition) is 6. The molecular formula is C21H24N4O2S. The molecule has 2 N–H and O–H groups in total. The normalized spacial score (nSPS) is 11.5. The van der Waals surface area contributed by atoms with Gasteiger partial charge >= 0.3 is 0 Å². The number of aryl methyl sites for hydroxylation is 1. The molecule has 0 radical (unpaired) electrons. The number of ether oxygens (including phenoxy) is 2. The standard InChI is InChI=1S/C21H24N4O2S/c1-4-5-6-27-11-15-10-16(19-21(22)23-12-24-25(15)19)18-9-14-7-13(2)8-17(26-3)20(14)28-18/h7-10,12H,4-6,11H2,1-3H3,(H2,22,23,24). The average Bonchev–Trinajstić information content (AvgIpc) is 3.27. The van der Waals surface area contributed by atoms with Gasteiger partial charge in [-0.3, -0.25) is 0 Å². The van der Waals surface area contributed by atoms with E-state index in [0.29, 0.717) is 12.4 Å². The molecule has 0 bridgehead atoms. The Bertz CT molecular complexity index is 1130. The van der Waals surface area contributed by atoms with Gasteiger partial charge in [0.1, 0.15) is 17.6 Å². The van der Waals surface area contributed by atoms with E-state index < -0.39 is 0 Å². The molecule has 4 rings (SSSR count). The SMILES string of the molecule is CCCCOCc1cc(-c2cc3cc(C)cc(OC)c3s2)c2c(N)ncnn12. The van der Waals surface area contributed by atoms with Gasteiger partial charge in [-0.05, 0) is 42.5 Å². The van der Waals surface area contributed by atoms with Crippen molar-refractivity contribution in [3.63, 3.8) is 0 Å². The Morgan fingerprint density at radius 2 is 2.07 bits per heavy atom. The summed E-state index contributed by atoms with van der Waals surface area (Å²) in [5.41, 5.74) is 10.2. The molecule has 0 saturated carbocycles. The molecule has 28 heavy (non-hydrogen) atoms. The van der Waals surface area contributed by atoms with E-state index in [1.807, 2.05) is 4.52 Å². The van der Waals surface area contributed by atoms with Crippen molar-refractivity contribution in [3.05, 3.63) is 41.9 Å². The summed E-state index contributed by atoms with van der Waals surface area (Å²) in [6.45, 7) is 5.45. The fraction of sp³-hybridized carbons (Fsp3) is 0.333. The summed E-state index contributed by atoms with van der Waals surface area (Å²) in [6, 6.07) is 8.52. The third-order valence-electron chi connectivity index (χ3n) is 4.76. The van der Waals surface area contributed by atoms with Crippen molar-refractivity contribution in [2.75, 3.05) is 19.5 Å². The molecule has 0 spiro atoms.